The quantitative estimate of drug-likeness (QED) is 0.680. The first-order valence-corrected chi connectivity index (χ1v) is 5.94. The van der Waals surface area contributed by atoms with E-state index in [-0.39, 0.29) is 5.41 Å². The molecule has 0 aliphatic heterocycles. The molecule has 0 bridgehead atoms. The van der Waals surface area contributed by atoms with Crippen LogP contribution in [0.3, 0.4) is 0 Å². The molecule has 0 radical (unpaired) electrons. The summed E-state index contributed by atoms with van der Waals surface area (Å²) in [5.41, 5.74) is 0.0658. The lowest BCUT2D eigenvalue weighted by molar-refractivity contribution is 0.0978. The number of hydrogen-bond acceptors (Lipinski definition) is 2. The predicted molar refractivity (Wildman–Crippen MR) is 60.4 cm³/mol. The second-order valence-corrected chi connectivity index (χ2v) is 5.38. The zero-order valence-corrected chi connectivity index (χ0v) is 9.92. The normalized spacial score (nSPS) is 17.8. The third kappa shape index (κ3) is 3.97. The third-order valence-electron chi connectivity index (χ3n) is 2.92. The average molecular weight is 199 g/mol. The first-order valence-electron chi connectivity index (χ1n) is 5.94. The molecule has 0 aromatic rings. The molecule has 84 valence electrons. The molecule has 0 atom stereocenters. The van der Waals surface area contributed by atoms with Gasteiger partial charge < -0.3 is 5.11 Å². The molecular weight excluding hydrogens is 174 g/mol. The Morgan fingerprint density at radius 3 is 2.43 bits per heavy atom. The lowest BCUT2D eigenvalue weighted by Crippen LogP contribution is -2.38. The van der Waals surface area contributed by atoms with Crippen molar-refractivity contribution >= 4 is 0 Å². The molecule has 0 aromatic heterocycles. The van der Waals surface area contributed by atoms with E-state index in [0.717, 1.165) is 12.6 Å². The SMILES string of the molecule is CCCCN(CC(C)(C)CO)C1CC1. The Bertz CT molecular complexity index is 164. The Labute approximate surface area is 88.3 Å². The molecule has 1 saturated carbocycles. The van der Waals surface area contributed by atoms with Crippen molar-refractivity contribution in [2.24, 2.45) is 5.41 Å². The summed E-state index contributed by atoms with van der Waals surface area (Å²) < 4.78 is 0. The van der Waals surface area contributed by atoms with Crippen LogP contribution in [0.5, 0.6) is 0 Å². The molecular formula is C12H25NO. The van der Waals surface area contributed by atoms with Gasteiger partial charge in [-0.1, -0.05) is 27.2 Å². The number of hydrogen-bond donors (Lipinski definition) is 1. The largest absolute Gasteiger partial charge is 0.396 e. The number of unbranched alkanes of at least 4 members (excludes halogenated alkanes) is 1. The minimum Gasteiger partial charge on any atom is -0.396 e. The highest BCUT2D eigenvalue weighted by molar-refractivity contribution is 4.87. The van der Waals surface area contributed by atoms with Crippen molar-refractivity contribution in [1.82, 2.24) is 4.90 Å². The fourth-order valence-electron chi connectivity index (χ4n) is 1.79. The number of rotatable bonds is 7. The molecule has 1 N–H and O–H groups in total. The highest BCUT2D eigenvalue weighted by atomic mass is 16.3. The fraction of sp³-hybridized carbons (Fsp3) is 1.00. The highest BCUT2D eigenvalue weighted by Crippen LogP contribution is 2.30. The van der Waals surface area contributed by atoms with Crippen molar-refractivity contribution in [2.75, 3.05) is 19.7 Å². The third-order valence-corrected chi connectivity index (χ3v) is 2.92. The molecule has 1 aliphatic rings. The van der Waals surface area contributed by atoms with E-state index in [1.54, 1.807) is 0 Å². The van der Waals surface area contributed by atoms with E-state index < -0.39 is 0 Å². The van der Waals surface area contributed by atoms with Crippen LogP contribution >= 0.6 is 0 Å². The molecule has 0 amide bonds. The fourth-order valence-corrected chi connectivity index (χ4v) is 1.79. The average Bonchev–Trinajstić information content (AvgIpc) is 2.95. The van der Waals surface area contributed by atoms with E-state index in [2.05, 4.69) is 25.7 Å². The van der Waals surface area contributed by atoms with Crippen molar-refractivity contribution in [3.63, 3.8) is 0 Å². The Hall–Kier alpha value is -0.0800. The van der Waals surface area contributed by atoms with Crippen LogP contribution in [0.4, 0.5) is 0 Å². The summed E-state index contributed by atoms with van der Waals surface area (Å²) in [6.07, 6.45) is 5.29. The molecule has 1 fully saturated rings. The van der Waals surface area contributed by atoms with E-state index in [9.17, 15) is 5.11 Å². The minimum absolute atomic E-state index is 0.0658. The molecule has 0 unspecified atom stereocenters. The van der Waals surface area contributed by atoms with Gasteiger partial charge in [-0.15, -0.1) is 0 Å². The van der Waals surface area contributed by atoms with Crippen molar-refractivity contribution in [2.45, 2.75) is 52.5 Å². The van der Waals surface area contributed by atoms with E-state index in [0.29, 0.717) is 6.61 Å². The standard InChI is InChI=1S/C12H25NO/c1-4-5-8-13(11-6-7-11)9-12(2,3)10-14/h11,14H,4-10H2,1-3H3. The summed E-state index contributed by atoms with van der Waals surface area (Å²) in [7, 11) is 0. The zero-order chi connectivity index (χ0) is 10.6. The molecule has 0 heterocycles. The zero-order valence-electron chi connectivity index (χ0n) is 9.92. The van der Waals surface area contributed by atoms with Crippen LogP contribution in [0.15, 0.2) is 0 Å². The molecule has 2 nitrogen and oxygen atoms in total. The Morgan fingerprint density at radius 1 is 1.36 bits per heavy atom. The van der Waals surface area contributed by atoms with Gasteiger partial charge >= 0.3 is 0 Å². The van der Waals surface area contributed by atoms with Crippen LogP contribution < -0.4 is 0 Å². The Kier molecular flexibility index (Phi) is 4.39. The lowest BCUT2D eigenvalue weighted by Gasteiger charge is -2.31. The second kappa shape index (κ2) is 5.13. The maximum atomic E-state index is 9.24. The van der Waals surface area contributed by atoms with Crippen molar-refractivity contribution in [3.05, 3.63) is 0 Å². The monoisotopic (exact) mass is 199 g/mol. The summed E-state index contributed by atoms with van der Waals surface area (Å²) in [5.74, 6) is 0. The summed E-state index contributed by atoms with van der Waals surface area (Å²) in [6, 6.07) is 0.826. The van der Waals surface area contributed by atoms with Crippen molar-refractivity contribution in [1.29, 1.82) is 0 Å². The van der Waals surface area contributed by atoms with Gasteiger partial charge in [0.1, 0.15) is 0 Å². The Morgan fingerprint density at radius 2 is 2.00 bits per heavy atom. The highest BCUT2D eigenvalue weighted by Gasteiger charge is 2.32. The van der Waals surface area contributed by atoms with Gasteiger partial charge in [0.25, 0.3) is 0 Å². The van der Waals surface area contributed by atoms with Gasteiger partial charge in [-0.3, -0.25) is 4.90 Å². The number of aliphatic hydroxyl groups is 1. The smallest absolute Gasteiger partial charge is 0.0494 e. The summed E-state index contributed by atoms with van der Waals surface area (Å²) in [4.78, 5) is 2.57. The minimum atomic E-state index is 0.0658. The van der Waals surface area contributed by atoms with Gasteiger partial charge in [-0.2, -0.15) is 0 Å². The maximum absolute atomic E-state index is 9.24. The molecule has 2 heteroatoms. The predicted octanol–water partition coefficient (Wildman–Crippen LogP) is 2.27. The van der Waals surface area contributed by atoms with Crippen molar-refractivity contribution < 1.29 is 5.11 Å². The van der Waals surface area contributed by atoms with Crippen LogP contribution in [-0.2, 0) is 0 Å². The molecule has 0 spiro atoms. The van der Waals surface area contributed by atoms with E-state index in [1.807, 2.05) is 0 Å². The first-order chi connectivity index (χ1) is 6.59. The molecule has 0 aromatic carbocycles. The maximum Gasteiger partial charge on any atom is 0.0494 e. The second-order valence-electron chi connectivity index (χ2n) is 5.38. The molecule has 1 aliphatic carbocycles. The van der Waals surface area contributed by atoms with Crippen LogP contribution in [0.1, 0.15) is 46.5 Å². The van der Waals surface area contributed by atoms with Crippen molar-refractivity contribution in [3.8, 4) is 0 Å². The van der Waals surface area contributed by atoms with Gasteiger partial charge in [0, 0.05) is 24.6 Å². The molecule has 0 saturated heterocycles. The topological polar surface area (TPSA) is 23.5 Å². The van der Waals surface area contributed by atoms with E-state index >= 15 is 0 Å². The van der Waals surface area contributed by atoms with Gasteiger partial charge in [0.2, 0.25) is 0 Å². The van der Waals surface area contributed by atoms with E-state index in [4.69, 9.17) is 0 Å². The lowest BCUT2D eigenvalue weighted by atomic mass is 9.94. The van der Waals surface area contributed by atoms with Gasteiger partial charge in [0.05, 0.1) is 0 Å². The van der Waals surface area contributed by atoms with Crippen LogP contribution in [0.2, 0.25) is 0 Å². The van der Waals surface area contributed by atoms with Gasteiger partial charge in [0.15, 0.2) is 0 Å². The van der Waals surface area contributed by atoms with Crippen LogP contribution in [0, 0.1) is 5.41 Å². The van der Waals surface area contributed by atoms with Crippen LogP contribution in [0.25, 0.3) is 0 Å². The van der Waals surface area contributed by atoms with E-state index in [1.165, 1.54) is 32.2 Å². The summed E-state index contributed by atoms with van der Waals surface area (Å²) >= 11 is 0. The summed E-state index contributed by atoms with van der Waals surface area (Å²) in [6.45, 7) is 9.09. The van der Waals surface area contributed by atoms with Gasteiger partial charge in [-0.25, -0.2) is 0 Å². The number of aliphatic hydroxyl groups excluding tert-OH is 1. The number of nitrogens with zero attached hydrogens (tertiary/aromatic N) is 1. The Balaban J connectivity index is 2.34. The molecule has 1 rings (SSSR count). The first kappa shape index (κ1) is 12.0. The summed E-state index contributed by atoms with van der Waals surface area (Å²) in [5, 5.41) is 9.24. The van der Waals surface area contributed by atoms with Gasteiger partial charge in [-0.05, 0) is 25.8 Å². The molecule has 14 heavy (non-hydrogen) atoms. The van der Waals surface area contributed by atoms with Crippen LogP contribution in [-0.4, -0.2) is 35.7 Å².